The molecule has 4 rings (SSSR count). The van der Waals surface area contributed by atoms with Gasteiger partial charge in [0, 0.05) is 29.8 Å². The number of fused-ring (bicyclic) bond motifs is 1. The zero-order chi connectivity index (χ0) is 18.6. The van der Waals surface area contributed by atoms with Crippen LogP contribution in [0.4, 0.5) is 10.1 Å². The first-order valence-electron chi connectivity index (χ1n) is 8.26. The number of aromatic nitrogens is 3. The van der Waals surface area contributed by atoms with Gasteiger partial charge in [-0.2, -0.15) is 0 Å². The van der Waals surface area contributed by atoms with E-state index >= 15 is 0 Å². The molecule has 0 aliphatic rings. The average molecular weight is 362 g/mol. The van der Waals surface area contributed by atoms with Crippen molar-refractivity contribution < 1.29 is 13.9 Å². The number of nitrogens with one attached hydrogen (secondary N) is 1. The van der Waals surface area contributed by atoms with Crippen LogP contribution in [0.25, 0.3) is 17.0 Å². The van der Waals surface area contributed by atoms with Crippen molar-refractivity contribution in [2.24, 2.45) is 0 Å². The highest BCUT2D eigenvalue weighted by molar-refractivity contribution is 5.92. The van der Waals surface area contributed by atoms with Gasteiger partial charge < -0.3 is 10.1 Å². The number of carbonyl (C=O) groups is 1. The highest BCUT2D eigenvalue weighted by Crippen LogP contribution is 2.21. The van der Waals surface area contributed by atoms with Crippen LogP contribution < -0.4 is 10.1 Å². The molecule has 0 bridgehead atoms. The Labute approximate surface area is 154 Å². The number of nitrogens with zero attached hydrogens (tertiary/aromatic N) is 3. The Hall–Kier alpha value is -3.74. The number of ether oxygens (including phenoxy) is 1. The van der Waals surface area contributed by atoms with Gasteiger partial charge in [-0.15, -0.1) is 0 Å². The zero-order valence-electron chi connectivity index (χ0n) is 14.2. The van der Waals surface area contributed by atoms with Gasteiger partial charge in [0.25, 0.3) is 5.91 Å². The molecule has 0 saturated carbocycles. The molecule has 0 atom stereocenters. The first-order chi connectivity index (χ1) is 13.2. The molecule has 134 valence electrons. The van der Waals surface area contributed by atoms with Crippen molar-refractivity contribution in [2.45, 2.75) is 0 Å². The average Bonchev–Trinajstić information content (AvgIpc) is 3.12. The van der Waals surface area contributed by atoms with Crippen LogP contribution in [-0.4, -0.2) is 26.9 Å². The number of anilines is 1. The number of amides is 1. The smallest absolute Gasteiger partial charge is 0.262 e. The van der Waals surface area contributed by atoms with E-state index in [4.69, 9.17) is 4.74 Å². The Morgan fingerprint density at radius 2 is 1.93 bits per heavy atom. The van der Waals surface area contributed by atoms with E-state index in [2.05, 4.69) is 15.3 Å². The van der Waals surface area contributed by atoms with Crippen molar-refractivity contribution in [3.63, 3.8) is 0 Å². The van der Waals surface area contributed by atoms with Crippen molar-refractivity contribution >= 4 is 17.4 Å². The molecule has 1 amide bonds. The lowest BCUT2D eigenvalue weighted by Crippen LogP contribution is -2.20. The second-order valence-electron chi connectivity index (χ2n) is 5.80. The third kappa shape index (κ3) is 3.77. The van der Waals surface area contributed by atoms with E-state index in [9.17, 15) is 9.18 Å². The van der Waals surface area contributed by atoms with Crippen LogP contribution in [0.3, 0.4) is 0 Å². The SMILES string of the molecule is O=C(COc1ccccc1F)Nc1ccc(-c2cn3cccnc3n2)cc1. The molecule has 0 aliphatic carbocycles. The number of hydrogen-bond donors (Lipinski definition) is 1. The van der Waals surface area contributed by atoms with Gasteiger partial charge in [-0.1, -0.05) is 24.3 Å². The molecule has 1 N–H and O–H groups in total. The fraction of sp³-hybridized carbons (Fsp3) is 0.0500. The summed E-state index contributed by atoms with van der Waals surface area (Å²) >= 11 is 0. The Balaban J connectivity index is 1.40. The highest BCUT2D eigenvalue weighted by Gasteiger charge is 2.08. The van der Waals surface area contributed by atoms with Gasteiger partial charge in [0.2, 0.25) is 5.78 Å². The second kappa shape index (κ2) is 7.25. The van der Waals surface area contributed by atoms with Crippen molar-refractivity contribution in [1.82, 2.24) is 14.4 Å². The van der Waals surface area contributed by atoms with E-state index in [1.54, 1.807) is 30.5 Å². The van der Waals surface area contributed by atoms with Crippen molar-refractivity contribution in [3.05, 3.63) is 79.0 Å². The molecule has 2 aromatic carbocycles. The van der Waals surface area contributed by atoms with Crippen LogP contribution >= 0.6 is 0 Å². The van der Waals surface area contributed by atoms with Crippen LogP contribution in [-0.2, 0) is 4.79 Å². The summed E-state index contributed by atoms with van der Waals surface area (Å²) in [5.74, 6) is -0.210. The van der Waals surface area contributed by atoms with Crippen molar-refractivity contribution in [2.75, 3.05) is 11.9 Å². The monoisotopic (exact) mass is 362 g/mol. The maximum absolute atomic E-state index is 13.5. The Kier molecular flexibility index (Phi) is 4.49. The van der Waals surface area contributed by atoms with E-state index in [1.807, 2.05) is 35.0 Å². The molecular weight excluding hydrogens is 347 g/mol. The lowest BCUT2D eigenvalue weighted by atomic mass is 10.1. The predicted octanol–water partition coefficient (Wildman–Crippen LogP) is 3.55. The van der Waals surface area contributed by atoms with Crippen LogP contribution in [0.2, 0.25) is 0 Å². The Morgan fingerprint density at radius 1 is 1.11 bits per heavy atom. The van der Waals surface area contributed by atoms with E-state index in [0.29, 0.717) is 11.5 Å². The van der Waals surface area contributed by atoms with Gasteiger partial charge in [0.05, 0.1) is 5.69 Å². The number of halogens is 1. The number of carbonyl (C=O) groups excluding carboxylic acids is 1. The van der Waals surface area contributed by atoms with Gasteiger partial charge in [-0.25, -0.2) is 14.4 Å². The molecule has 0 fully saturated rings. The normalized spacial score (nSPS) is 10.7. The molecular formula is C20H15FN4O2. The summed E-state index contributed by atoms with van der Waals surface area (Å²) in [5.41, 5.74) is 2.30. The number of rotatable bonds is 5. The van der Waals surface area contributed by atoms with Crippen LogP contribution in [0.1, 0.15) is 0 Å². The molecule has 0 saturated heterocycles. The molecule has 2 heterocycles. The maximum Gasteiger partial charge on any atom is 0.262 e. The number of benzene rings is 2. The minimum Gasteiger partial charge on any atom is -0.481 e. The fourth-order valence-electron chi connectivity index (χ4n) is 2.60. The Bertz CT molecular complexity index is 1060. The van der Waals surface area contributed by atoms with Crippen molar-refractivity contribution in [1.29, 1.82) is 0 Å². The molecule has 6 nitrogen and oxygen atoms in total. The van der Waals surface area contributed by atoms with Gasteiger partial charge in [0.1, 0.15) is 0 Å². The first-order valence-corrected chi connectivity index (χ1v) is 8.26. The summed E-state index contributed by atoms with van der Waals surface area (Å²) in [6.07, 6.45) is 5.45. The van der Waals surface area contributed by atoms with Gasteiger partial charge in [0.15, 0.2) is 18.2 Å². The standard InChI is InChI=1S/C20H15FN4O2/c21-16-4-1-2-5-18(16)27-13-19(26)23-15-8-6-14(7-9-15)17-12-25-11-3-10-22-20(25)24-17/h1-12H,13H2,(H,23,26). The largest absolute Gasteiger partial charge is 0.481 e. The van der Waals surface area contributed by atoms with Crippen molar-refractivity contribution in [3.8, 4) is 17.0 Å². The quantitative estimate of drug-likeness (QED) is 0.589. The summed E-state index contributed by atoms with van der Waals surface area (Å²) in [5, 5.41) is 2.71. The van der Waals surface area contributed by atoms with Gasteiger partial charge in [-0.05, 0) is 30.3 Å². The minimum atomic E-state index is -0.503. The topological polar surface area (TPSA) is 68.5 Å². The van der Waals surface area contributed by atoms with E-state index in [-0.39, 0.29) is 18.3 Å². The molecule has 27 heavy (non-hydrogen) atoms. The van der Waals surface area contributed by atoms with E-state index in [1.165, 1.54) is 12.1 Å². The van der Waals surface area contributed by atoms with Crippen LogP contribution in [0, 0.1) is 5.82 Å². The van der Waals surface area contributed by atoms with Crippen LogP contribution in [0.15, 0.2) is 73.2 Å². The number of hydrogen-bond acceptors (Lipinski definition) is 4. The minimum absolute atomic E-state index is 0.0449. The molecule has 0 radical (unpaired) electrons. The summed E-state index contributed by atoms with van der Waals surface area (Å²) in [6, 6.07) is 15.0. The number of para-hydroxylation sites is 1. The van der Waals surface area contributed by atoms with E-state index in [0.717, 1.165) is 11.3 Å². The van der Waals surface area contributed by atoms with Gasteiger partial charge in [-0.3, -0.25) is 9.20 Å². The zero-order valence-corrected chi connectivity index (χ0v) is 14.2. The van der Waals surface area contributed by atoms with Gasteiger partial charge >= 0.3 is 0 Å². The summed E-state index contributed by atoms with van der Waals surface area (Å²) in [4.78, 5) is 20.6. The third-order valence-electron chi connectivity index (χ3n) is 3.90. The summed E-state index contributed by atoms with van der Waals surface area (Å²) in [7, 11) is 0. The predicted molar refractivity (Wildman–Crippen MR) is 98.9 cm³/mol. The first kappa shape index (κ1) is 16.7. The maximum atomic E-state index is 13.5. The molecule has 7 heteroatoms. The molecule has 0 aliphatic heterocycles. The third-order valence-corrected chi connectivity index (χ3v) is 3.90. The van der Waals surface area contributed by atoms with E-state index < -0.39 is 5.82 Å². The Morgan fingerprint density at radius 3 is 2.70 bits per heavy atom. The molecule has 0 spiro atoms. The molecule has 0 unspecified atom stereocenters. The lowest BCUT2D eigenvalue weighted by Gasteiger charge is -2.08. The molecule has 2 aromatic heterocycles. The highest BCUT2D eigenvalue weighted by atomic mass is 19.1. The second-order valence-corrected chi connectivity index (χ2v) is 5.80. The summed E-state index contributed by atoms with van der Waals surface area (Å²) < 4.78 is 20.5. The summed E-state index contributed by atoms with van der Waals surface area (Å²) in [6.45, 7) is -0.277. The number of imidazole rings is 1. The molecule has 4 aromatic rings. The lowest BCUT2D eigenvalue weighted by molar-refractivity contribution is -0.118. The fourth-order valence-corrected chi connectivity index (χ4v) is 2.60. The van der Waals surface area contributed by atoms with Crippen LogP contribution in [0.5, 0.6) is 5.75 Å².